The van der Waals surface area contributed by atoms with E-state index in [1.54, 1.807) is 0 Å². The van der Waals surface area contributed by atoms with E-state index < -0.39 is 0 Å². The minimum Gasteiger partial charge on any atom is -0.357 e. The number of rotatable bonds is 5. The maximum Gasteiger partial charge on any atom is 0.136 e. The summed E-state index contributed by atoms with van der Waals surface area (Å²) in [6.07, 6.45) is 11.0. The van der Waals surface area contributed by atoms with Crippen LogP contribution in [0.4, 0.5) is 5.82 Å². The van der Waals surface area contributed by atoms with Crippen LogP contribution in [0.5, 0.6) is 0 Å². The first-order chi connectivity index (χ1) is 15.1. The van der Waals surface area contributed by atoms with Gasteiger partial charge in [0.15, 0.2) is 0 Å². The second-order valence-electron chi connectivity index (χ2n) is 8.54. The van der Waals surface area contributed by atoms with Gasteiger partial charge in [-0.1, -0.05) is 0 Å². The minimum absolute atomic E-state index is 0.649. The second kappa shape index (κ2) is 8.46. The van der Waals surface area contributed by atoms with Gasteiger partial charge in [-0.25, -0.2) is 15.0 Å². The van der Waals surface area contributed by atoms with Crippen LogP contribution in [0.25, 0.3) is 5.65 Å². The highest BCUT2D eigenvalue weighted by Crippen LogP contribution is 2.21. The number of pyridine rings is 2. The predicted molar refractivity (Wildman–Crippen MR) is 123 cm³/mol. The van der Waals surface area contributed by atoms with Gasteiger partial charge in [0.25, 0.3) is 0 Å². The molecule has 0 bridgehead atoms. The molecule has 0 radical (unpaired) electrons. The molecule has 6 heteroatoms. The van der Waals surface area contributed by atoms with Crippen LogP contribution in [0.1, 0.15) is 53.3 Å². The molecule has 0 spiro atoms. The van der Waals surface area contributed by atoms with Gasteiger partial charge in [0, 0.05) is 55.6 Å². The Morgan fingerprint density at radius 1 is 0.839 bits per heavy atom. The topological polar surface area (TPSA) is 59.2 Å². The molecule has 0 aromatic carbocycles. The molecule has 5 rings (SSSR count). The first-order valence-corrected chi connectivity index (χ1v) is 11.1. The van der Waals surface area contributed by atoms with Crippen molar-refractivity contribution in [2.45, 2.75) is 46.0 Å². The van der Waals surface area contributed by atoms with Crippen LogP contribution >= 0.6 is 0 Å². The number of hydrogen-bond acceptors (Lipinski definition) is 5. The Labute approximate surface area is 183 Å². The molecule has 5 heterocycles. The van der Waals surface area contributed by atoms with E-state index in [-0.39, 0.29) is 0 Å². The molecule has 0 atom stereocenters. The van der Waals surface area contributed by atoms with Crippen molar-refractivity contribution >= 4 is 11.5 Å². The highest BCUT2D eigenvalue weighted by molar-refractivity contribution is 5.45. The van der Waals surface area contributed by atoms with Crippen molar-refractivity contribution in [3.05, 3.63) is 83.0 Å². The molecule has 4 aromatic rings. The molecule has 31 heavy (non-hydrogen) atoms. The standard InChI is InChI=1S/C25H28N6/c1-18-12-19(2)27-21(13-18)16-23-28-22(17-25(29-23)30-8-4-3-5-9-30)14-20-6-10-31-11-7-26-24(31)15-20/h6-7,10-13,15,17H,3-5,8-9,14,16H2,1-2H3. The third-order valence-electron chi connectivity index (χ3n) is 5.83. The van der Waals surface area contributed by atoms with Gasteiger partial charge in [0.1, 0.15) is 17.3 Å². The van der Waals surface area contributed by atoms with Crippen LogP contribution in [0.3, 0.4) is 0 Å². The zero-order valence-electron chi connectivity index (χ0n) is 18.3. The minimum atomic E-state index is 0.649. The van der Waals surface area contributed by atoms with Gasteiger partial charge in [-0.15, -0.1) is 0 Å². The zero-order chi connectivity index (χ0) is 21.2. The normalized spacial score (nSPS) is 14.3. The highest BCUT2D eigenvalue weighted by atomic mass is 15.2. The highest BCUT2D eigenvalue weighted by Gasteiger charge is 2.16. The predicted octanol–water partition coefficient (Wildman–Crippen LogP) is 4.31. The molecule has 1 aliphatic heterocycles. The van der Waals surface area contributed by atoms with E-state index in [1.807, 2.05) is 23.7 Å². The van der Waals surface area contributed by atoms with Gasteiger partial charge in [-0.05, 0) is 68.5 Å². The Morgan fingerprint density at radius 3 is 2.52 bits per heavy atom. The van der Waals surface area contributed by atoms with Gasteiger partial charge in [0.2, 0.25) is 0 Å². The number of anilines is 1. The molecule has 4 aromatic heterocycles. The van der Waals surface area contributed by atoms with Crippen LogP contribution in [-0.2, 0) is 12.8 Å². The van der Waals surface area contributed by atoms with Crippen LogP contribution < -0.4 is 4.90 Å². The third kappa shape index (κ3) is 4.58. The van der Waals surface area contributed by atoms with Gasteiger partial charge < -0.3 is 9.30 Å². The van der Waals surface area contributed by atoms with Crippen molar-refractivity contribution in [3.63, 3.8) is 0 Å². The second-order valence-corrected chi connectivity index (χ2v) is 8.54. The van der Waals surface area contributed by atoms with Crippen LogP contribution in [-0.4, -0.2) is 37.4 Å². The molecular weight excluding hydrogens is 384 g/mol. The molecular formula is C25H28N6. The van der Waals surface area contributed by atoms with E-state index in [9.17, 15) is 0 Å². The van der Waals surface area contributed by atoms with Crippen LogP contribution in [0.15, 0.2) is 48.9 Å². The van der Waals surface area contributed by atoms with Crippen molar-refractivity contribution in [2.24, 2.45) is 0 Å². The maximum atomic E-state index is 4.95. The quantitative estimate of drug-likeness (QED) is 0.489. The summed E-state index contributed by atoms with van der Waals surface area (Å²) in [5.41, 5.74) is 6.50. The molecule has 0 aliphatic carbocycles. The number of fused-ring (bicyclic) bond motifs is 1. The van der Waals surface area contributed by atoms with Gasteiger partial charge in [0.05, 0.1) is 12.1 Å². The first kappa shape index (κ1) is 19.7. The molecule has 0 saturated carbocycles. The fourth-order valence-electron chi connectivity index (χ4n) is 4.44. The monoisotopic (exact) mass is 412 g/mol. The lowest BCUT2D eigenvalue weighted by Crippen LogP contribution is -2.30. The molecule has 1 aliphatic rings. The number of piperidine rings is 1. The summed E-state index contributed by atoms with van der Waals surface area (Å²) in [4.78, 5) is 21.4. The van der Waals surface area contributed by atoms with Gasteiger partial charge in [-0.2, -0.15) is 0 Å². The van der Waals surface area contributed by atoms with E-state index in [0.29, 0.717) is 6.42 Å². The van der Waals surface area contributed by atoms with Crippen molar-refractivity contribution in [2.75, 3.05) is 18.0 Å². The molecule has 1 saturated heterocycles. The fourth-order valence-corrected chi connectivity index (χ4v) is 4.44. The Morgan fingerprint density at radius 2 is 1.68 bits per heavy atom. The summed E-state index contributed by atoms with van der Waals surface area (Å²) in [5.74, 6) is 1.89. The lowest BCUT2D eigenvalue weighted by molar-refractivity contribution is 0.571. The average molecular weight is 413 g/mol. The molecule has 6 nitrogen and oxygen atoms in total. The Bertz CT molecular complexity index is 1190. The molecule has 158 valence electrons. The van der Waals surface area contributed by atoms with E-state index in [2.05, 4.69) is 53.3 Å². The molecule has 0 N–H and O–H groups in total. The number of imidazole rings is 1. The number of nitrogens with zero attached hydrogens (tertiary/aromatic N) is 6. The van der Waals surface area contributed by atoms with Crippen LogP contribution in [0.2, 0.25) is 0 Å². The Kier molecular flexibility index (Phi) is 5.37. The lowest BCUT2D eigenvalue weighted by atomic mass is 10.1. The molecule has 0 unspecified atom stereocenters. The van der Waals surface area contributed by atoms with Crippen molar-refractivity contribution in [3.8, 4) is 0 Å². The average Bonchev–Trinajstić information content (AvgIpc) is 3.21. The zero-order valence-corrected chi connectivity index (χ0v) is 18.3. The Hall–Kier alpha value is -3.28. The Balaban J connectivity index is 1.48. The van der Waals surface area contributed by atoms with Crippen molar-refractivity contribution in [1.82, 2.24) is 24.3 Å². The summed E-state index contributed by atoms with van der Waals surface area (Å²) in [6.45, 7) is 6.29. The van der Waals surface area contributed by atoms with Crippen molar-refractivity contribution in [1.29, 1.82) is 0 Å². The van der Waals surface area contributed by atoms with Gasteiger partial charge >= 0.3 is 0 Å². The van der Waals surface area contributed by atoms with Gasteiger partial charge in [-0.3, -0.25) is 4.98 Å². The largest absolute Gasteiger partial charge is 0.357 e. The summed E-state index contributed by atoms with van der Waals surface area (Å²) >= 11 is 0. The fraction of sp³-hybridized carbons (Fsp3) is 0.360. The van der Waals surface area contributed by atoms with E-state index in [1.165, 1.54) is 30.4 Å². The van der Waals surface area contributed by atoms with Crippen molar-refractivity contribution < 1.29 is 0 Å². The summed E-state index contributed by atoms with van der Waals surface area (Å²) in [6, 6.07) is 10.7. The summed E-state index contributed by atoms with van der Waals surface area (Å²) < 4.78 is 2.03. The summed E-state index contributed by atoms with van der Waals surface area (Å²) in [5, 5.41) is 0. The smallest absolute Gasteiger partial charge is 0.136 e. The number of hydrogen-bond donors (Lipinski definition) is 0. The molecule has 0 amide bonds. The SMILES string of the molecule is Cc1cc(C)nc(Cc2nc(Cc3ccn4ccnc4c3)cc(N3CCCCC3)n2)c1. The summed E-state index contributed by atoms with van der Waals surface area (Å²) in [7, 11) is 0. The number of aromatic nitrogens is 5. The van der Waals surface area contributed by atoms with E-state index in [4.69, 9.17) is 15.0 Å². The van der Waals surface area contributed by atoms with E-state index in [0.717, 1.165) is 53.9 Å². The van der Waals surface area contributed by atoms with E-state index >= 15 is 0 Å². The third-order valence-corrected chi connectivity index (χ3v) is 5.83. The maximum absolute atomic E-state index is 4.95. The molecule has 1 fully saturated rings. The number of aryl methyl sites for hydroxylation is 2. The lowest BCUT2D eigenvalue weighted by Gasteiger charge is -2.28. The van der Waals surface area contributed by atoms with Crippen LogP contribution in [0, 0.1) is 13.8 Å². The first-order valence-electron chi connectivity index (χ1n) is 11.1.